The number of hydrogen-bond donors (Lipinski definition) is 2. The molecule has 0 aliphatic rings. The zero-order chi connectivity index (χ0) is 17.9. The van der Waals surface area contributed by atoms with Gasteiger partial charge >= 0.3 is 0 Å². The number of hydrogen-bond acceptors (Lipinski definition) is 4. The Morgan fingerprint density at radius 3 is 2.48 bits per heavy atom. The van der Waals surface area contributed by atoms with Crippen LogP contribution in [0.25, 0.3) is 17.0 Å². The number of nitrogens with two attached hydrogens (primary N) is 1. The number of sulfonamides is 1. The molecule has 0 fully saturated rings. The molecule has 3 aromatic rings. The minimum absolute atomic E-state index is 0.0112. The number of fused-ring (bicyclic) bond motifs is 1. The fraction of sp³-hybridized carbons (Fsp3) is 0. The van der Waals surface area contributed by atoms with Crippen LogP contribution >= 0.6 is 0 Å². The van der Waals surface area contributed by atoms with E-state index in [1.807, 2.05) is 30.3 Å². The van der Waals surface area contributed by atoms with E-state index in [-0.39, 0.29) is 10.8 Å². The minimum Gasteiger partial charge on any atom is -0.323 e. The van der Waals surface area contributed by atoms with Gasteiger partial charge in [-0.3, -0.25) is 9.78 Å². The lowest BCUT2D eigenvalue weighted by atomic mass is 10.1. The molecule has 0 unspecified atom stereocenters. The van der Waals surface area contributed by atoms with Gasteiger partial charge < -0.3 is 5.32 Å². The highest BCUT2D eigenvalue weighted by atomic mass is 32.2. The quantitative estimate of drug-likeness (QED) is 0.704. The summed E-state index contributed by atoms with van der Waals surface area (Å²) in [5.74, 6) is -0.337. The van der Waals surface area contributed by atoms with E-state index in [4.69, 9.17) is 5.14 Å². The molecule has 0 saturated carbocycles. The fourth-order valence-electron chi connectivity index (χ4n) is 2.34. The van der Waals surface area contributed by atoms with Crippen molar-refractivity contribution in [3.8, 4) is 0 Å². The van der Waals surface area contributed by atoms with Crippen LogP contribution in [-0.4, -0.2) is 19.3 Å². The first-order chi connectivity index (χ1) is 11.9. The topological polar surface area (TPSA) is 102 Å². The second kappa shape index (κ2) is 6.84. The van der Waals surface area contributed by atoms with Gasteiger partial charge in [0.25, 0.3) is 0 Å². The molecule has 6 nitrogen and oxygen atoms in total. The SMILES string of the molecule is NS(=O)(=O)c1ccc(NC(=O)/C=C/c2cccc3cccnc23)cc1. The van der Waals surface area contributed by atoms with Crippen LogP contribution in [-0.2, 0) is 14.8 Å². The minimum atomic E-state index is -3.75. The van der Waals surface area contributed by atoms with Crippen molar-refractivity contribution in [2.24, 2.45) is 5.14 Å². The van der Waals surface area contributed by atoms with Gasteiger partial charge in [-0.25, -0.2) is 13.6 Å². The number of nitrogens with one attached hydrogen (secondary N) is 1. The predicted octanol–water partition coefficient (Wildman–Crippen LogP) is 2.53. The summed E-state index contributed by atoms with van der Waals surface area (Å²) in [6.45, 7) is 0. The number of benzene rings is 2. The number of aromatic nitrogens is 1. The van der Waals surface area contributed by atoms with Crippen LogP contribution in [0.3, 0.4) is 0 Å². The maximum Gasteiger partial charge on any atom is 0.248 e. The van der Waals surface area contributed by atoms with Gasteiger partial charge in [-0.15, -0.1) is 0 Å². The van der Waals surface area contributed by atoms with Crippen LogP contribution in [0.1, 0.15) is 5.56 Å². The summed E-state index contributed by atoms with van der Waals surface area (Å²) in [6, 6.07) is 15.2. The Morgan fingerprint density at radius 1 is 1.04 bits per heavy atom. The highest BCUT2D eigenvalue weighted by molar-refractivity contribution is 7.89. The molecular weight excluding hydrogens is 338 g/mol. The molecule has 1 amide bonds. The van der Waals surface area contributed by atoms with Gasteiger partial charge in [0.1, 0.15) is 0 Å². The standard InChI is InChI=1S/C18H15N3O3S/c19-25(23,24)16-9-7-15(8-10-16)21-17(22)11-6-14-4-1-3-13-5-2-12-20-18(13)14/h1-12H,(H,21,22)(H2,19,23,24)/b11-6+. The summed E-state index contributed by atoms with van der Waals surface area (Å²) in [4.78, 5) is 16.4. The van der Waals surface area contributed by atoms with Gasteiger partial charge in [-0.1, -0.05) is 24.3 Å². The summed E-state index contributed by atoms with van der Waals surface area (Å²) in [5.41, 5.74) is 2.11. The van der Waals surface area contributed by atoms with Gasteiger partial charge in [0.15, 0.2) is 0 Å². The number of rotatable bonds is 4. The average Bonchev–Trinajstić information content (AvgIpc) is 2.59. The van der Waals surface area contributed by atoms with Crippen LogP contribution in [0.5, 0.6) is 0 Å². The molecule has 0 saturated heterocycles. The van der Waals surface area contributed by atoms with Crippen molar-refractivity contribution >= 4 is 38.6 Å². The van der Waals surface area contributed by atoms with Crippen molar-refractivity contribution in [2.75, 3.05) is 5.32 Å². The van der Waals surface area contributed by atoms with Crippen molar-refractivity contribution in [3.05, 3.63) is 72.4 Å². The molecular formula is C18H15N3O3S. The van der Waals surface area contributed by atoms with Crippen LogP contribution in [0.15, 0.2) is 71.8 Å². The molecule has 0 bridgehead atoms. The molecule has 0 aliphatic heterocycles. The summed E-state index contributed by atoms with van der Waals surface area (Å²) >= 11 is 0. The van der Waals surface area contributed by atoms with Gasteiger partial charge in [-0.05, 0) is 36.4 Å². The molecule has 2 aromatic carbocycles. The average molecular weight is 353 g/mol. The molecule has 3 N–H and O–H groups in total. The smallest absolute Gasteiger partial charge is 0.248 e. The number of amides is 1. The molecule has 1 aromatic heterocycles. The molecule has 3 rings (SSSR count). The first kappa shape index (κ1) is 16.8. The maximum atomic E-state index is 12.0. The fourth-order valence-corrected chi connectivity index (χ4v) is 2.86. The first-order valence-corrected chi connectivity index (χ1v) is 8.94. The monoisotopic (exact) mass is 353 g/mol. The number of para-hydroxylation sites is 1. The van der Waals surface area contributed by atoms with E-state index in [0.717, 1.165) is 16.5 Å². The molecule has 126 valence electrons. The number of primary sulfonamides is 1. The lowest BCUT2D eigenvalue weighted by Crippen LogP contribution is -2.12. The second-order valence-corrected chi connectivity index (χ2v) is 6.88. The molecule has 1 heterocycles. The normalized spacial score (nSPS) is 11.7. The zero-order valence-corrected chi connectivity index (χ0v) is 13.9. The second-order valence-electron chi connectivity index (χ2n) is 5.31. The number of pyridine rings is 1. The molecule has 0 aliphatic carbocycles. The Hall–Kier alpha value is -3.03. The Morgan fingerprint density at radius 2 is 1.76 bits per heavy atom. The number of carbonyl (C=O) groups excluding carboxylic acids is 1. The van der Waals surface area contributed by atoms with Gasteiger partial charge in [0, 0.05) is 28.9 Å². The van der Waals surface area contributed by atoms with Crippen molar-refractivity contribution in [2.45, 2.75) is 4.90 Å². The Bertz CT molecular complexity index is 1050. The van der Waals surface area contributed by atoms with E-state index in [1.165, 1.54) is 30.3 Å². The summed E-state index contributed by atoms with van der Waals surface area (Å²) in [6.07, 6.45) is 4.78. The summed E-state index contributed by atoms with van der Waals surface area (Å²) in [5, 5.41) is 8.68. The third-order valence-electron chi connectivity index (χ3n) is 3.53. The lowest BCUT2D eigenvalue weighted by molar-refractivity contribution is -0.111. The molecule has 0 spiro atoms. The molecule has 0 atom stereocenters. The van der Waals surface area contributed by atoms with E-state index in [2.05, 4.69) is 10.3 Å². The Balaban J connectivity index is 1.75. The van der Waals surface area contributed by atoms with Gasteiger partial charge in [0.2, 0.25) is 15.9 Å². The van der Waals surface area contributed by atoms with E-state index in [1.54, 1.807) is 12.3 Å². The molecule has 25 heavy (non-hydrogen) atoms. The zero-order valence-electron chi connectivity index (χ0n) is 13.1. The summed E-state index contributed by atoms with van der Waals surface area (Å²) in [7, 11) is -3.75. The summed E-state index contributed by atoms with van der Waals surface area (Å²) < 4.78 is 22.4. The molecule has 7 heteroatoms. The van der Waals surface area contributed by atoms with Crippen LogP contribution in [0.4, 0.5) is 5.69 Å². The Kier molecular flexibility index (Phi) is 4.60. The highest BCUT2D eigenvalue weighted by Crippen LogP contribution is 2.17. The lowest BCUT2D eigenvalue weighted by Gasteiger charge is -2.04. The van der Waals surface area contributed by atoms with Crippen molar-refractivity contribution in [1.82, 2.24) is 4.98 Å². The largest absolute Gasteiger partial charge is 0.323 e. The number of carbonyl (C=O) groups is 1. The van der Waals surface area contributed by atoms with E-state index < -0.39 is 10.0 Å². The van der Waals surface area contributed by atoms with Crippen molar-refractivity contribution < 1.29 is 13.2 Å². The highest BCUT2D eigenvalue weighted by Gasteiger charge is 2.07. The van der Waals surface area contributed by atoms with E-state index in [0.29, 0.717) is 5.69 Å². The van der Waals surface area contributed by atoms with E-state index >= 15 is 0 Å². The van der Waals surface area contributed by atoms with E-state index in [9.17, 15) is 13.2 Å². The maximum absolute atomic E-state index is 12.0. The Labute approximate surface area is 145 Å². The molecule has 0 radical (unpaired) electrons. The van der Waals surface area contributed by atoms with Crippen molar-refractivity contribution in [3.63, 3.8) is 0 Å². The third kappa shape index (κ3) is 4.09. The number of anilines is 1. The van der Waals surface area contributed by atoms with Crippen molar-refractivity contribution in [1.29, 1.82) is 0 Å². The van der Waals surface area contributed by atoms with Gasteiger partial charge in [0.05, 0.1) is 10.4 Å². The van der Waals surface area contributed by atoms with Crippen LogP contribution in [0.2, 0.25) is 0 Å². The van der Waals surface area contributed by atoms with Crippen LogP contribution < -0.4 is 10.5 Å². The predicted molar refractivity (Wildman–Crippen MR) is 97.2 cm³/mol. The number of nitrogens with zero attached hydrogens (tertiary/aromatic N) is 1. The third-order valence-corrected chi connectivity index (χ3v) is 4.46. The van der Waals surface area contributed by atoms with Gasteiger partial charge in [-0.2, -0.15) is 0 Å². The van der Waals surface area contributed by atoms with Crippen LogP contribution in [0, 0.1) is 0 Å². The first-order valence-electron chi connectivity index (χ1n) is 7.39.